The zero-order valence-electron chi connectivity index (χ0n) is 12.7. The molecular formula is C16H15N3O4S. The number of fused-ring (bicyclic) bond motifs is 3. The molecule has 0 bridgehead atoms. The third kappa shape index (κ3) is 2.53. The number of nitrogens with one attached hydrogen (secondary N) is 1. The molecule has 0 saturated carbocycles. The number of sulfonamides is 1. The highest BCUT2D eigenvalue weighted by Crippen LogP contribution is 2.37. The Morgan fingerprint density at radius 1 is 1.29 bits per heavy atom. The van der Waals surface area contributed by atoms with Crippen LogP contribution in [0.2, 0.25) is 0 Å². The fraction of sp³-hybridized carbons (Fsp3) is 0.250. The zero-order chi connectivity index (χ0) is 16.7. The summed E-state index contributed by atoms with van der Waals surface area (Å²) in [7, 11) is -3.62. The standard InChI is InChI=1S/C16H15N3O4S/c20-16(12-4-1-2-8-17-12)23-11-6-7-13-14(10-11)24(21,22)18-15-5-3-9-19(13)15/h1-2,4,6-8,10,15,18H,3,5,9H2. The monoisotopic (exact) mass is 345 g/mol. The number of nitrogens with zero attached hydrogens (tertiary/aromatic N) is 2. The predicted molar refractivity (Wildman–Crippen MR) is 86.3 cm³/mol. The van der Waals surface area contributed by atoms with Crippen LogP contribution in [0.3, 0.4) is 0 Å². The lowest BCUT2D eigenvalue weighted by Gasteiger charge is -2.33. The summed E-state index contributed by atoms with van der Waals surface area (Å²) in [5.74, 6) is -0.455. The molecular weight excluding hydrogens is 330 g/mol. The van der Waals surface area contributed by atoms with Crippen LogP contribution in [0.15, 0.2) is 47.5 Å². The van der Waals surface area contributed by atoms with E-state index in [0.717, 1.165) is 19.4 Å². The minimum Gasteiger partial charge on any atom is -0.422 e. The minimum absolute atomic E-state index is 0.131. The maximum atomic E-state index is 12.4. The van der Waals surface area contributed by atoms with Gasteiger partial charge in [0.15, 0.2) is 0 Å². The molecule has 0 radical (unpaired) electrons. The summed E-state index contributed by atoms with van der Waals surface area (Å²) in [5.41, 5.74) is 0.810. The number of benzene rings is 1. The third-order valence-electron chi connectivity index (χ3n) is 4.16. The normalized spacial score (nSPS) is 21.0. The van der Waals surface area contributed by atoms with E-state index < -0.39 is 16.0 Å². The van der Waals surface area contributed by atoms with Crippen LogP contribution in [0.4, 0.5) is 5.69 Å². The maximum absolute atomic E-state index is 12.4. The molecule has 7 nitrogen and oxygen atoms in total. The molecule has 24 heavy (non-hydrogen) atoms. The van der Waals surface area contributed by atoms with E-state index in [9.17, 15) is 13.2 Å². The van der Waals surface area contributed by atoms with E-state index in [1.54, 1.807) is 24.3 Å². The molecule has 1 atom stereocenters. The average Bonchev–Trinajstić information content (AvgIpc) is 3.03. The molecule has 2 aliphatic heterocycles. The van der Waals surface area contributed by atoms with Gasteiger partial charge in [0.25, 0.3) is 0 Å². The van der Waals surface area contributed by atoms with Crippen molar-refractivity contribution in [1.29, 1.82) is 0 Å². The first kappa shape index (κ1) is 15.1. The van der Waals surface area contributed by atoms with Crippen LogP contribution in [0.25, 0.3) is 0 Å². The van der Waals surface area contributed by atoms with E-state index >= 15 is 0 Å². The van der Waals surface area contributed by atoms with Gasteiger partial charge in [-0.2, -0.15) is 4.72 Å². The van der Waals surface area contributed by atoms with E-state index in [-0.39, 0.29) is 22.5 Å². The number of carbonyl (C=O) groups is 1. The lowest BCUT2D eigenvalue weighted by molar-refractivity contribution is 0.0728. The Morgan fingerprint density at radius 2 is 2.17 bits per heavy atom. The number of hydrogen-bond acceptors (Lipinski definition) is 6. The van der Waals surface area contributed by atoms with Crippen molar-refractivity contribution >= 4 is 21.7 Å². The zero-order valence-corrected chi connectivity index (χ0v) is 13.5. The van der Waals surface area contributed by atoms with Crippen LogP contribution in [-0.2, 0) is 10.0 Å². The van der Waals surface area contributed by atoms with Crippen molar-refractivity contribution in [3.63, 3.8) is 0 Å². The molecule has 1 unspecified atom stereocenters. The summed E-state index contributed by atoms with van der Waals surface area (Å²) in [6, 6.07) is 9.59. The molecule has 2 aliphatic rings. The van der Waals surface area contributed by atoms with Gasteiger partial charge in [0.1, 0.15) is 16.3 Å². The van der Waals surface area contributed by atoms with Crippen LogP contribution in [0, 0.1) is 0 Å². The molecule has 1 aromatic carbocycles. The van der Waals surface area contributed by atoms with Gasteiger partial charge in [0.05, 0.1) is 11.9 Å². The van der Waals surface area contributed by atoms with Crippen LogP contribution < -0.4 is 14.4 Å². The Hall–Kier alpha value is -2.45. The molecule has 0 spiro atoms. The summed E-state index contributed by atoms with van der Waals surface area (Å²) in [5, 5.41) is 0. The van der Waals surface area contributed by atoms with Gasteiger partial charge in [-0.05, 0) is 37.1 Å². The van der Waals surface area contributed by atoms with Gasteiger partial charge in [-0.15, -0.1) is 0 Å². The Morgan fingerprint density at radius 3 is 2.96 bits per heavy atom. The molecule has 1 N–H and O–H groups in total. The lowest BCUT2D eigenvalue weighted by Crippen LogP contribution is -2.48. The van der Waals surface area contributed by atoms with Crippen molar-refractivity contribution in [3.8, 4) is 5.75 Å². The fourth-order valence-corrected chi connectivity index (χ4v) is 4.54. The highest BCUT2D eigenvalue weighted by molar-refractivity contribution is 7.89. The van der Waals surface area contributed by atoms with Crippen molar-refractivity contribution < 1.29 is 17.9 Å². The number of carbonyl (C=O) groups excluding carboxylic acids is 1. The van der Waals surface area contributed by atoms with Crippen molar-refractivity contribution in [2.24, 2.45) is 0 Å². The van der Waals surface area contributed by atoms with Crippen molar-refractivity contribution in [3.05, 3.63) is 48.3 Å². The molecule has 0 amide bonds. The van der Waals surface area contributed by atoms with Gasteiger partial charge < -0.3 is 9.64 Å². The lowest BCUT2D eigenvalue weighted by atomic mass is 10.2. The van der Waals surface area contributed by atoms with Gasteiger partial charge >= 0.3 is 5.97 Å². The Balaban J connectivity index is 1.67. The third-order valence-corrected chi connectivity index (χ3v) is 5.65. The Labute approximate surface area is 139 Å². The number of anilines is 1. The van der Waals surface area contributed by atoms with Crippen LogP contribution in [0.5, 0.6) is 5.75 Å². The Kier molecular flexibility index (Phi) is 3.50. The summed E-state index contributed by atoms with van der Waals surface area (Å²) in [6.07, 6.45) is 3.02. The van der Waals surface area contributed by atoms with Crippen LogP contribution >= 0.6 is 0 Å². The smallest absolute Gasteiger partial charge is 0.362 e. The van der Waals surface area contributed by atoms with E-state index in [0.29, 0.717) is 5.69 Å². The molecule has 124 valence electrons. The van der Waals surface area contributed by atoms with E-state index in [4.69, 9.17) is 4.74 Å². The van der Waals surface area contributed by atoms with Crippen molar-refractivity contribution in [1.82, 2.24) is 9.71 Å². The van der Waals surface area contributed by atoms with Crippen LogP contribution in [0.1, 0.15) is 23.3 Å². The van der Waals surface area contributed by atoms with E-state index in [1.807, 2.05) is 4.90 Å². The van der Waals surface area contributed by atoms with Gasteiger partial charge in [-0.25, -0.2) is 18.2 Å². The molecule has 1 fully saturated rings. The molecule has 2 aromatic rings. The highest BCUT2D eigenvalue weighted by Gasteiger charge is 2.37. The molecule has 4 rings (SSSR count). The molecule has 3 heterocycles. The number of esters is 1. The number of aromatic nitrogens is 1. The highest BCUT2D eigenvalue weighted by atomic mass is 32.2. The summed E-state index contributed by atoms with van der Waals surface area (Å²) >= 11 is 0. The van der Waals surface area contributed by atoms with Crippen molar-refractivity contribution in [2.75, 3.05) is 11.4 Å². The van der Waals surface area contributed by atoms with Crippen LogP contribution in [-0.4, -0.2) is 32.1 Å². The van der Waals surface area contributed by atoms with E-state index in [2.05, 4.69) is 9.71 Å². The molecule has 1 saturated heterocycles. The van der Waals surface area contributed by atoms with Gasteiger partial charge in [0.2, 0.25) is 10.0 Å². The van der Waals surface area contributed by atoms with Crippen molar-refractivity contribution in [2.45, 2.75) is 23.9 Å². The Bertz CT molecular complexity index is 899. The number of ether oxygens (including phenoxy) is 1. The second kappa shape index (κ2) is 5.57. The topological polar surface area (TPSA) is 88.6 Å². The van der Waals surface area contributed by atoms with Gasteiger partial charge in [-0.1, -0.05) is 6.07 Å². The SMILES string of the molecule is O=C(Oc1ccc2c(c1)S(=O)(=O)NC1CCCN21)c1ccccn1. The first-order valence-electron chi connectivity index (χ1n) is 7.61. The summed E-state index contributed by atoms with van der Waals surface area (Å²) in [6.45, 7) is 0.799. The first-order chi connectivity index (χ1) is 11.5. The number of rotatable bonds is 2. The molecule has 8 heteroatoms. The quantitative estimate of drug-likeness (QED) is 0.656. The largest absolute Gasteiger partial charge is 0.422 e. The number of hydrogen-bond donors (Lipinski definition) is 1. The first-order valence-corrected chi connectivity index (χ1v) is 9.09. The number of pyridine rings is 1. The van der Waals surface area contributed by atoms with Gasteiger partial charge in [-0.3, -0.25) is 0 Å². The summed E-state index contributed by atoms with van der Waals surface area (Å²) < 4.78 is 32.8. The molecule has 1 aromatic heterocycles. The maximum Gasteiger partial charge on any atom is 0.362 e. The minimum atomic E-state index is -3.62. The fourth-order valence-electron chi connectivity index (χ4n) is 3.07. The predicted octanol–water partition coefficient (Wildman–Crippen LogP) is 1.52. The second-order valence-electron chi connectivity index (χ2n) is 5.71. The average molecular weight is 345 g/mol. The summed E-state index contributed by atoms with van der Waals surface area (Å²) in [4.78, 5) is 18.1. The van der Waals surface area contributed by atoms with Gasteiger partial charge in [0, 0.05) is 18.8 Å². The molecule has 0 aliphatic carbocycles. The second-order valence-corrected chi connectivity index (χ2v) is 7.39. The van der Waals surface area contributed by atoms with E-state index in [1.165, 1.54) is 18.3 Å².